The molecule has 0 bridgehead atoms. The van der Waals surface area contributed by atoms with Gasteiger partial charge in [0.15, 0.2) is 5.84 Å². The van der Waals surface area contributed by atoms with E-state index < -0.39 is 0 Å². The standard InChI is InChI=1S/C20H26N4O/c1-2-16-5-6-18-17(14-16)15-24-7-3-4-19(24)20(21-18)23-10-8-22(9-11-23)12-13-25/h3-7,14,25H,2,8-13,15H2,1H3. The van der Waals surface area contributed by atoms with Gasteiger partial charge in [-0.25, -0.2) is 4.99 Å². The van der Waals surface area contributed by atoms with Gasteiger partial charge in [0.25, 0.3) is 0 Å². The van der Waals surface area contributed by atoms with Crippen LogP contribution in [0.15, 0.2) is 41.5 Å². The summed E-state index contributed by atoms with van der Waals surface area (Å²) in [6, 6.07) is 10.9. The Kier molecular flexibility index (Phi) is 4.59. The zero-order chi connectivity index (χ0) is 17.2. The van der Waals surface area contributed by atoms with E-state index in [1.54, 1.807) is 0 Å². The van der Waals surface area contributed by atoms with Crippen LogP contribution in [0.5, 0.6) is 0 Å². The number of aliphatic hydroxyl groups is 1. The molecule has 0 unspecified atom stereocenters. The van der Waals surface area contributed by atoms with Crippen molar-refractivity contribution in [2.45, 2.75) is 19.9 Å². The summed E-state index contributed by atoms with van der Waals surface area (Å²) in [7, 11) is 0. The molecule has 1 aromatic heterocycles. The minimum atomic E-state index is 0.233. The van der Waals surface area contributed by atoms with Crippen molar-refractivity contribution in [3.63, 3.8) is 0 Å². The van der Waals surface area contributed by atoms with E-state index >= 15 is 0 Å². The van der Waals surface area contributed by atoms with Gasteiger partial charge in [-0.1, -0.05) is 19.1 Å². The van der Waals surface area contributed by atoms with E-state index in [0.717, 1.165) is 57.2 Å². The smallest absolute Gasteiger partial charge is 0.153 e. The first-order valence-electron chi connectivity index (χ1n) is 9.22. The van der Waals surface area contributed by atoms with Gasteiger partial charge in [0.1, 0.15) is 0 Å². The van der Waals surface area contributed by atoms with E-state index in [1.807, 2.05) is 0 Å². The molecule has 0 spiro atoms. The second kappa shape index (κ2) is 7.02. The first-order valence-corrected chi connectivity index (χ1v) is 9.22. The molecule has 25 heavy (non-hydrogen) atoms. The van der Waals surface area contributed by atoms with Crippen LogP contribution in [0.2, 0.25) is 0 Å². The van der Waals surface area contributed by atoms with Gasteiger partial charge in [0.2, 0.25) is 0 Å². The van der Waals surface area contributed by atoms with Crippen LogP contribution in [0.1, 0.15) is 23.7 Å². The Labute approximate surface area is 149 Å². The maximum atomic E-state index is 9.14. The van der Waals surface area contributed by atoms with Crippen molar-refractivity contribution in [2.75, 3.05) is 39.3 Å². The molecule has 3 heterocycles. The molecule has 0 atom stereocenters. The molecule has 4 rings (SSSR count). The Morgan fingerprint density at radius 1 is 1.12 bits per heavy atom. The first kappa shape index (κ1) is 16.4. The van der Waals surface area contributed by atoms with Gasteiger partial charge < -0.3 is 14.6 Å². The van der Waals surface area contributed by atoms with Gasteiger partial charge in [-0.05, 0) is 35.7 Å². The lowest BCUT2D eigenvalue weighted by molar-refractivity contribution is 0.147. The van der Waals surface area contributed by atoms with Crippen LogP contribution in [-0.2, 0) is 13.0 Å². The Hall–Kier alpha value is -2.11. The van der Waals surface area contributed by atoms with E-state index in [4.69, 9.17) is 10.1 Å². The van der Waals surface area contributed by atoms with Crippen molar-refractivity contribution in [3.05, 3.63) is 53.3 Å². The van der Waals surface area contributed by atoms with Crippen LogP contribution < -0.4 is 0 Å². The van der Waals surface area contributed by atoms with E-state index in [1.165, 1.54) is 16.8 Å². The van der Waals surface area contributed by atoms with Crippen molar-refractivity contribution >= 4 is 11.5 Å². The summed E-state index contributed by atoms with van der Waals surface area (Å²) in [5, 5.41) is 9.14. The fourth-order valence-electron chi connectivity index (χ4n) is 3.76. The topological polar surface area (TPSA) is 44.0 Å². The summed E-state index contributed by atoms with van der Waals surface area (Å²) in [6.45, 7) is 7.92. The number of aliphatic hydroxyl groups excluding tert-OH is 1. The number of hydrogen-bond donors (Lipinski definition) is 1. The van der Waals surface area contributed by atoms with Crippen LogP contribution in [-0.4, -0.2) is 64.6 Å². The third-order valence-corrected chi connectivity index (χ3v) is 5.27. The van der Waals surface area contributed by atoms with Gasteiger partial charge in [0.05, 0.1) is 18.0 Å². The maximum absolute atomic E-state index is 9.14. The summed E-state index contributed by atoms with van der Waals surface area (Å²) in [5.41, 5.74) is 4.95. The van der Waals surface area contributed by atoms with E-state index in [-0.39, 0.29) is 6.61 Å². The van der Waals surface area contributed by atoms with Crippen LogP contribution >= 0.6 is 0 Å². The Morgan fingerprint density at radius 2 is 1.96 bits per heavy atom. The predicted octanol–water partition coefficient (Wildman–Crippen LogP) is 2.10. The van der Waals surface area contributed by atoms with Crippen LogP contribution in [0.4, 0.5) is 5.69 Å². The lowest BCUT2D eigenvalue weighted by Crippen LogP contribution is -2.49. The molecule has 0 aliphatic carbocycles. The lowest BCUT2D eigenvalue weighted by atomic mass is 10.1. The van der Waals surface area contributed by atoms with Crippen LogP contribution in [0.3, 0.4) is 0 Å². The van der Waals surface area contributed by atoms with Crippen LogP contribution in [0.25, 0.3) is 0 Å². The van der Waals surface area contributed by atoms with Gasteiger partial charge >= 0.3 is 0 Å². The second-order valence-electron chi connectivity index (χ2n) is 6.83. The molecule has 5 nitrogen and oxygen atoms in total. The number of rotatable bonds is 3. The zero-order valence-electron chi connectivity index (χ0n) is 14.9. The van der Waals surface area contributed by atoms with Gasteiger partial charge in [-0.15, -0.1) is 0 Å². The van der Waals surface area contributed by atoms with Crippen molar-refractivity contribution in [1.82, 2.24) is 14.4 Å². The summed E-state index contributed by atoms with van der Waals surface area (Å²) in [5.74, 6) is 1.08. The number of amidine groups is 1. The molecule has 0 amide bonds. The molecular weight excluding hydrogens is 312 g/mol. The first-order chi connectivity index (χ1) is 12.3. The molecule has 1 saturated heterocycles. The number of aliphatic imine (C=N–C) groups is 1. The number of piperazine rings is 1. The predicted molar refractivity (Wildman–Crippen MR) is 101 cm³/mol. The van der Waals surface area contributed by atoms with Crippen LogP contribution in [0, 0.1) is 0 Å². The van der Waals surface area contributed by atoms with Gasteiger partial charge in [-0.2, -0.15) is 0 Å². The number of β-amino-alcohol motifs (C(OH)–C–C–N with tert-alkyl or cyclic N) is 1. The summed E-state index contributed by atoms with van der Waals surface area (Å²) in [6.07, 6.45) is 3.20. The quantitative estimate of drug-likeness (QED) is 0.932. The summed E-state index contributed by atoms with van der Waals surface area (Å²) >= 11 is 0. The molecule has 2 aliphatic rings. The van der Waals surface area contributed by atoms with Gasteiger partial charge in [0, 0.05) is 45.5 Å². The number of benzene rings is 1. The molecule has 2 aromatic rings. The number of aryl methyl sites for hydroxylation is 1. The van der Waals surface area contributed by atoms with Crippen molar-refractivity contribution in [2.24, 2.45) is 4.99 Å². The minimum Gasteiger partial charge on any atom is -0.395 e. The summed E-state index contributed by atoms with van der Waals surface area (Å²) in [4.78, 5) is 9.78. The monoisotopic (exact) mass is 338 g/mol. The highest BCUT2D eigenvalue weighted by Gasteiger charge is 2.24. The Morgan fingerprint density at radius 3 is 2.72 bits per heavy atom. The minimum absolute atomic E-state index is 0.233. The molecule has 132 valence electrons. The molecule has 1 aromatic carbocycles. The fourth-order valence-corrected chi connectivity index (χ4v) is 3.76. The van der Waals surface area contributed by atoms with Gasteiger partial charge in [-0.3, -0.25) is 4.90 Å². The molecule has 2 aliphatic heterocycles. The highest BCUT2D eigenvalue weighted by molar-refractivity contribution is 6.00. The van der Waals surface area contributed by atoms with Crippen molar-refractivity contribution in [3.8, 4) is 0 Å². The number of hydrogen-bond acceptors (Lipinski definition) is 4. The molecule has 1 N–H and O–H groups in total. The summed E-state index contributed by atoms with van der Waals surface area (Å²) < 4.78 is 2.31. The second-order valence-corrected chi connectivity index (χ2v) is 6.83. The SMILES string of the molecule is CCc1ccc2c(c1)Cn1cccc1C(N1CCN(CCO)CC1)=N2. The number of aromatic nitrogens is 1. The maximum Gasteiger partial charge on any atom is 0.153 e. The number of fused-ring (bicyclic) bond motifs is 2. The Bertz CT molecular complexity index is 772. The van der Waals surface area contributed by atoms with E-state index in [9.17, 15) is 0 Å². The average Bonchev–Trinajstić information content (AvgIpc) is 3.03. The van der Waals surface area contributed by atoms with Crippen molar-refractivity contribution in [1.29, 1.82) is 0 Å². The van der Waals surface area contributed by atoms with E-state index in [2.05, 4.69) is 57.8 Å². The molecule has 5 heteroatoms. The third-order valence-electron chi connectivity index (χ3n) is 5.27. The molecule has 1 fully saturated rings. The van der Waals surface area contributed by atoms with Crippen molar-refractivity contribution < 1.29 is 5.11 Å². The fraction of sp³-hybridized carbons (Fsp3) is 0.450. The Balaban J connectivity index is 1.67. The molecule has 0 radical (unpaired) electrons. The number of nitrogens with zero attached hydrogens (tertiary/aromatic N) is 4. The highest BCUT2D eigenvalue weighted by atomic mass is 16.3. The molecular formula is C20H26N4O. The third kappa shape index (κ3) is 3.22. The largest absolute Gasteiger partial charge is 0.395 e. The zero-order valence-corrected chi connectivity index (χ0v) is 14.9. The molecule has 0 saturated carbocycles. The highest BCUT2D eigenvalue weighted by Crippen LogP contribution is 2.28. The normalized spacial score (nSPS) is 17.7. The van der Waals surface area contributed by atoms with E-state index in [0.29, 0.717) is 0 Å². The lowest BCUT2D eigenvalue weighted by Gasteiger charge is -2.36. The average molecular weight is 338 g/mol.